The third kappa shape index (κ3) is 4.14. The summed E-state index contributed by atoms with van der Waals surface area (Å²) in [5.74, 6) is -0.962. The average molecular weight is 393 g/mol. The Morgan fingerprint density at radius 3 is 2.48 bits per heavy atom. The number of likely N-dealkylation sites (tertiary alicyclic amines) is 1. The van der Waals surface area contributed by atoms with Gasteiger partial charge in [0, 0.05) is 34.7 Å². The van der Waals surface area contributed by atoms with Crippen molar-refractivity contribution in [1.82, 2.24) is 4.90 Å². The molecule has 2 atom stereocenters. The monoisotopic (exact) mass is 392 g/mol. The number of hydrogen-bond donors (Lipinski definition) is 1. The topological polar surface area (TPSA) is 32.3 Å². The molecule has 0 aliphatic carbocycles. The quantitative estimate of drug-likeness (QED) is 0.769. The summed E-state index contributed by atoms with van der Waals surface area (Å²) in [6.07, 6.45) is -0.964. The van der Waals surface area contributed by atoms with E-state index < -0.39 is 23.9 Å². The van der Waals surface area contributed by atoms with E-state index in [0.29, 0.717) is 16.1 Å². The first-order valence-electron chi connectivity index (χ1n) is 8.93. The fraction of sp³-hybridized carbons (Fsp3) is 0.381. The Kier molecular flexibility index (Phi) is 5.54. The van der Waals surface area contributed by atoms with Crippen molar-refractivity contribution in [3.8, 4) is 11.1 Å². The summed E-state index contributed by atoms with van der Waals surface area (Å²) in [5.41, 5.74) is 0.559. The highest BCUT2D eigenvalue weighted by Crippen LogP contribution is 2.34. The Labute approximate surface area is 163 Å². The molecule has 6 heteroatoms. The summed E-state index contributed by atoms with van der Waals surface area (Å²) < 4.78 is 29.0. The van der Waals surface area contributed by atoms with Crippen molar-refractivity contribution in [3.63, 3.8) is 0 Å². The van der Waals surface area contributed by atoms with E-state index in [1.165, 1.54) is 6.07 Å². The molecule has 3 rings (SSSR count). The van der Waals surface area contributed by atoms with Crippen LogP contribution < -0.4 is 5.32 Å². The molecule has 144 valence electrons. The molecule has 0 spiro atoms. The van der Waals surface area contributed by atoms with Gasteiger partial charge in [0.15, 0.2) is 5.82 Å². The number of nitrogens with one attached hydrogen (secondary N) is 1. The summed E-state index contributed by atoms with van der Waals surface area (Å²) in [7, 11) is 0. The fourth-order valence-corrected chi connectivity index (χ4v) is 3.74. The Balaban J connectivity index is 1.87. The highest BCUT2D eigenvalue weighted by atomic mass is 35.5. The lowest BCUT2D eigenvalue weighted by Gasteiger charge is -2.35. The number of nitrogens with zero attached hydrogens (tertiary/aromatic N) is 1. The number of benzene rings is 2. The van der Waals surface area contributed by atoms with Gasteiger partial charge < -0.3 is 5.32 Å². The fourth-order valence-electron chi connectivity index (χ4n) is 3.51. The van der Waals surface area contributed by atoms with Crippen LogP contribution in [0.25, 0.3) is 11.1 Å². The summed E-state index contributed by atoms with van der Waals surface area (Å²) in [4.78, 5) is 14.6. The maximum absolute atomic E-state index is 15.0. The van der Waals surface area contributed by atoms with Crippen molar-refractivity contribution in [2.75, 3.05) is 11.9 Å². The average Bonchev–Trinajstić information content (AvgIpc) is 3.00. The third-order valence-corrected chi connectivity index (χ3v) is 5.16. The predicted molar refractivity (Wildman–Crippen MR) is 105 cm³/mol. The van der Waals surface area contributed by atoms with E-state index in [1.54, 1.807) is 36.4 Å². The highest BCUT2D eigenvalue weighted by Gasteiger charge is 2.42. The lowest BCUT2D eigenvalue weighted by Crippen LogP contribution is -2.49. The maximum Gasteiger partial charge on any atom is 0.241 e. The second kappa shape index (κ2) is 7.56. The number of alkyl halides is 1. The van der Waals surface area contributed by atoms with Crippen LogP contribution in [0.15, 0.2) is 42.5 Å². The van der Waals surface area contributed by atoms with E-state index in [1.807, 2.05) is 25.7 Å². The van der Waals surface area contributed by atoms with Gasteiger partial charge in [-0.1, -0.05) is 41.9 Å². The number of carbonyl (C=O) groups excluding carboxylic acids is 1. The van der Waals surface area contributed by atoms with Gasteiger partial charge in [-0.05, 0) is 32.9 Å². The maximum atomic E-state index is 15.0. The molecule has 0 radical (unpaired) electrons. The van der Waals surface area contributed by atoms with Gasteiger partial charge in [0.05, 0.1) is 11.7 Å². The van der Waals surface area contributed by atoms with Crippen LogP contribution in [0.2, 0.25) is 5.02 Å². The smallest absolute Gasteiger partial charge is 0.241 e. The van der Waals surface area contributed by atoms with Gasteiger partial charge in [-0.15, -0.1) is 0 Å². The summed E-state index contributed by atoms with van der Waals surface area (Å²) in [5, 5.41) is 3.06. The van der Waals surface area contributed by atoms with Crippen LogP contribution >= 0.6 is 11.6 Å². The van der Waals surface area contributed by atoms with Crippen LogP contribution in [0.3, 0.4) is 0 Å². The van der Waals surface area contributed by atoms with Gasteiger partial charge >= 0.3 is 0 Å². The molecule has 1 heterocycles. The molecule has 1 fully saturated rings. The molecular weight excluding hydrogens is 370 g/mol. The molecule has 0 unspecified atom stereocenters. The van der Waals surface area contributed by atoms with Crippen molar-refractivity contribution in [3.05, 3.63) is 53.3 Å². The number of rotatable bonds is 3. The molecule has 2 aromatic carbocycles. The van der Waals surface area contributed by atoms with E-state index in [9.17, 15) is 9.18 Å². The van der Waals surface area contributed by atoms with Crippen LogP contribution in [-0.4, -0.2) is 35.1 Å². The number of halogens is 3. The molecule has 2 aromatic rings. The first-order chi connectivity index (χ1) is 12.7. The van der Waals surface area contributed by atoms with Gasteiger partial charge in [-0.2, -0.15) is 0 Å². The largest absolute Gasteiger partial charge is 0.322 e. The lowest BCUT2D eigenvalue weighted by molar-refractivity contribution is -0.122. The first-order valence-corrected chi connectivity index (χ1v) is 9.31. The van der Waals surface area contributed by atoms with Crippen LogP contribution in [0.1, 0.15) is 27.2 Å². The molecule has 1 aliphatic heterocycles. The molecule has 1 amide bonds. The van der Waals surface area contributed by atoms with Crippen molar-refractivity contribution in [2.45, 2.75) is 44.9 Å². The molecular formula is C21H23ClF2N2O. The van der Waals surface area contributed by atoms with Crippen molar-refractivity contribution >= 4 is 23.2 Å². The number of amides is 1. The lowest BCUT2D eigenvalue weighted by atomic mass is 10.0. The zero-order valence-electron chi connectivity index (χ0n) is 15.6. The molecule has 1 N–H and O–H groups in total. The van der Waals surface area contributed by atoms with E-state index in [0.717, 1.165) is 0 Å². The first kappa shape index (κ1) is 19.8. The molecule has 1 aliphatic rings. The van der Waals surface area contributed by atoms with Crippen molar-refractivity contribution in [1.29, 1.82) is 0 Å². The third-order valence-electron chi connectivity index (χ3n) is 4.83. The number of carbonyl (C=O) groups is 1. The van der Waals surface area contributed by atoms with Gasteiger partial charge in [0.2, 0.25) is 5.91 Å². The Morgan fingerprint density at radius 1 is 1.15 bits per heavy atom. The van der Waals surface area contributed by atoms with E-state index >= 15 is 4.39 Å². The second-order valence-electron chi connectivity index (χ2n) is 7.81. The molecule has 0 aromatic heterocycles. The summed E-state index contributed by atoms with van der Waals surface area (Å²) >= 11 is 6.18. The van der Waals surface area contributed by atoms with Gasteiger partial charge in [-0.3, -0.25) is 9.69 Å². The Bertz CT molecular complexity index is 850. The van der Waals surface area contributed by atoms with Crippen LogP contribution in [0, 0.1) is 5.82 Å². The summed E-state index contributed by atoms with van der Waals surface area (Å²) in [6, 6.07) is 11.1. The van der Waals surface area contributed by atoms with Crippen LogP contribution in [0.4, 0.5) is 14.5 Å². The molecule has 1 saturated heterocycles. The Morgan fingerprint density at radius 2 is 1.81 bits per heavy atom. The molecule has 3 nitrogen and oxygen atoms in total. The minimum absolute atomic E-state index is 0.0635. The van der Waals surface area contributed by atoms with E-state index in [4.69, 9.17) is 11.6 Å². The Hall–Kier alpha value is -1.98. The van der Waals surface area contributed by atoms with Crippen LogP contribution in [0.5, 0.6) is 0 Å². The van der Waals surface area contributed by atoms with Gasteiger partial charge in [0.1, 0.15) is 6.17 Å². The number of anilines is 1. The minimum atomic E-state index is -1.07. The number of hydrogen-bond acceptors (Lipinski definition) is 2. The summed E-state index contributed by atoms with van der Waals surface area (Å²) in [6.45, 7) is 6.00. The molecule has 27 heavy (non-hydrogen) atoms. The predicted octanol–water partition coefficient (Wildman–Crippen LogP) is 5.30. The van der Waals surface area contributed by atoms with E-state index in [-0.39, 0.29) is 24.2 Å². The minimum Gasteiger partial charge on any atom is -0.322 e. The standard InChI is InChI=1S/C21H23ClF2N2O/c1-21(2,3)26-12-13(23)11-18(26)20(27)25-17-10-6-8-15(19(17)24)14-7-4-5-9-16(14)22/h4-10,13,18H,11-12H2,1-3H3,(H,25,27)/t13-,18+/m1/s1. The normalized spacial score (nSPS) is 20.7. The van der Waals surface area contributed by atoms with Crippen molar-refractivity contribution < 1.29 is 13.6 Å². The molecule has 0 saturated carbocycles. The highest BCUT2D eigenvalue weighted by molar-refractivity contribution is 6.33. The van der Waals surface area contributed by atoms with E-state index in [2.05, 4.69) is 5.32 Å². The van der Waals surface area contributed by atoms with Crippen molar-refractivity contribution in [2.24, 2.45) is 0 Å². The second-order valence-corrected chi connectivity index (χ2v) is 8.22. The SMILES string of the molecule is CC(C)(C)N1C[C@H](F)C[C@H]1C(=O)Nc1cccc(-c2ccccc2Cl)c1F. The zero-order valence-corrected chi connectivity index (χ0v) is 16.4. The van der Waals surface area contributed by atoms with Gasteiger partial charge in [0.25, 0.3) is 0 Å². The van der Waals surface area contributed by atoms with Crippen LogP contribution in [-0.2, 0) is 4.79 Å². The van der Waals surface area contributed by atoms with Gasteiger partial charge in [-0.25, -0.2) is 8.78 Å². The molecule has 0 bridgehead atoms. The zero-order chi connectivity index (χ0) is 19.8.